The van der Waals surface area contributed by atoms with Gasteiger partial charge in [0, 0.05) is 16.5 Å². The van der Waals surface area contributed by atoms with Crippen LogP contribution >= 0.6 is 0 Å². The molecule has 3 heteroatoms. The summed E-state index contributed by atoms with van der Waals surface area (Å²) in [6.45, 7) is 7.39. The lowest BCUT2D eigenvalue weighted by Crippen LogP contribution is -1.99. The number of hydrogen-bond donors (Lipinski definition) is 2. The van der Waals surface area contributed by atoms with Crippen LogP contribution in [0.2, 0.25) is 0 Å². The van der Waals surface area contributed by atoms with Crippen molar-refractivity contribution in [2.45, 2.75) is 52.4 Å². The first-order chi connectivity index (χ1) is 13.1. The second-order valence-corrected chi connectivity index (χ2v) is 7.46. The first-order valence-electron chi connectivity index (χ1n) is 10.1. The highest BCUT2D eigenvalue weighted by Gasteiger charge is 2.19. The number of H-pyrrole nitrogens is 1. The number of methoxy groups -OCH3 is 1. The quantitative estimate of drug-likeness (QED) is 0.485. The Morgan fingerprint density at radius 1 is 1.11 bits per heavy atom. The average molecular weight is 365 g/mol. The Morgan fingerprint density at radius 3 is 2.59 bits per heavy atom. The summed E-state index contributed by atoms with van der Waals surface area (Å²) in [6.07, 6.45) is 4.29. The van der Waals surface area contributed by atoms with E-state index < -0.39 is 0 Å². The fourth-order valence-corrected chi connectivity index (χ4v) is 3.98. The second-order valence-electron chi connectivity index (χ2n) is 7.46. The molecule has 0 spiro atoms. The van der Waals surface area contributed by atoms with Crippen LogP contribution in [0.5, 0.6) is 5.75 Å². The van der Waals surface area contributed by atoms with Crippen molar-refractivity contribution >= 4 is 10.9 Å². The highest BCUT2D eigenvalue weighted by Crippen LogP contribution is 2.40. The van der Waals surface area contributed by atoms with Gasteiger partial charge in [-0.2, -0.15) is 0 Å². The van der Waals surface area contributed by atoms with Crippen molar-refractivity contribution in [1.29, 1.82) is 0 Å². The number of unbranched alkanes of at least 4 members (excludes halogenated alkanes) is 1. The monoisotopic (exact) mass is 364 g/mol. The van der Waals surface area contributed by atoms with Crippen LogP contribution in [0.25, 0.3) is 22.2 Å². The fraction of sp³-hybridized carbons (Fsp3) is 0.417. The van der Waals surface area contributed by atoms with Crippen LogP contribution in [0.1, 0.15) is 55.7 Å². The molecule has 3 N–H and O–H groups in total. The lowest BCUT2D eigenvalue weighted by atomic mass is 9.94. The van der Waals surface area contributed by atoms with Gasteiger partial charge in [0.1, 0.15) is 5.75 Å². The number of aromatic amines is 1. The summed E-state index contributed by atoms with van der Waals surface area (Å²) in [7, 11) is 1.76. The van der Waals surface area contributed by atoms with E-state index in [0.717, 1.165) is 49.1 Å². The topological polar surface area (TPSA) is 51.0 Å². The summed E-state index contributed by atoms with van der Waals surface area (Å²) in [4.78, 5) is 3.78. The zero-order valence-electron chi connectivity index (χ0n) is 17.1. The summed E-state index contributed by atoms with van der Waals surface area (Å²) in [5.74, 6) is 1.48. The molecule has 2 aromatic carbocycles. The number of para-hydroxylation sites is 2. The molecule has 0 saturated heterocycles. The van der Waals surface area contributed by atoms with Gasteiger partial charge in [-0.3, -0.25) is 0 Å². The minimum Gasteiger partial charge on any atom is -0.496 e. The minimum absolute atomic E-state index is 0.525. The highest BCUT2D eigenvalue weighted by molar-refractivity contribution is 5.94. The molecule has 27 heavy (non-hydrogen) atoms. The van der Waals surface area contributed by atoms with Gasteiger partial charge in [-0.05, 0) is 67.8 Å². The van der Waals surface area contributed by atoms with Gasteiger partial charge in [0.2, 0.25) is 0 Å². The molecule has 0 bridgehead atoms. The molecular formula is C24H32N2O. The number of nitrogens with two attached hydrogens (primary N) is 1. The van der Waals surface area contributed by atoms with E-state index in [1.54, 1.807) is 7.11 Å². The zero-order chi connectivity index (χ0) is 19.4. The smallest absolute Gasteiger partial charge is 0.131 e. The van der Waals surface area contributed by atoms with Crippen LogP contribution < -0.4 is 10.5 Å². The molecule has 3 aromatic rings. The van der Waals surface area contributed by atoms with E-state index in [1.165, 1.54) is 27.7 Å². The molecular weight excluding hydrogens is 332 g/mol. The Morgan fingerprint density at radius 2 is 1.89 bits per heavy atom. The Hall–Kier alpha value is -2.26. The molecule has 144 valence electrons. The third kappa shape index (κ3) is 3.74. The van der Waals surface area contributed by atoms with Crippen LogP contribution in [0, 0.1) is 6.92 Å². The maximum Gasteiger partial charge on any atom is 0.131 e. The standard InChI is InChI=1S/C24H32N2O/c1-5-16(2)18-12-9-13-20-19(11-6-7-15-25)23(26-22(18)20)21-14-8-10-17(3)24(21)27-4/h8-10,12-14,16,26H,5-7,11,15,25H2,1-4H3. The normalized spacial score (nSPS) is 12.5. The van der Waals surface area contributed by atoms with Crippen molar-refractivity contribution in [3.05, 3.63) is 53.1 Å². The fourth-order valence-electron chi connectivity index (χ4n) is 3.98. The highest BCUT2D eigenvalue weighted by atomic mass is 16.5. The van der Waals surface area contributed by atoms with E-state index >= 15 is 0 Å². The molecule has 0 amide bonds. The van der Waals surface area contributed by atoms with Crippen LogP contribution in [-0.2, 0) is 6.42 Å². The SMILES string of the molecule is CCC(C)c1cccc2c(CCCCN)c(-c3cccc(C)c3OC)[nH]c12. The number of benzene rings is 2. The molecule has 0 aliphatic heterocycles. The molecule has 0 saturated carbocycles. The summed E-state index contributed by atoms with van der Waals surface area (Å²) in [5, 5.41) is 1.34. The Balaban J connectivity index is 2.24. The van der Waals surface area contributed by atoms with Crippen molar-refractivity contribution in [1.82, 2.24) is 4.98 Å². The van der Waals surface area contributed by atoms with Gasteiger partial charge in [0.05, 0.1) is 12.8 Å². The van der Waals surface area contributed by atoms with Crippen LogP contribution in [0.4, 0.5) is 0 Å². The minimum atomic E-state index is 0.525. The van der Waals surface area contributed by atoms with E-state index in [-0.39, 0.29) is 0 Å². The van der Waals surface area contributed by atoms with E-state index in [1.807, 2.05) is 0 Å². The van der Waals surface area contributed by atoms with Crippen LogP contribution in [0.15, 0.2) is 36.4 Å². The van der Waals surface area contributed by atoms with Gasteiger partial charge < -0.3 is 15.5 Å². The van der Waals surface area contributed by atoms with Crippen LogP contribution in [0.3, 0.4) is 0 Å². The molecule has 1 heterocycles. The lowest BCUT2D eigenvalue weighted by Gasteiger charge is -2.12. The van der Waals surface area contributed by atoms with Gasteiger partial charge in [0.15, 0.2) is 0 Å². The van der Waals surface area contributed by atoms with E-state index in [9.17, 15) is 0 Å². The number of fused-ring (bicyclic) bond motifs is 1. The Labute approximate surface area is 162 Å². The zero-order valence-corrected chi connectivity index (χ0v) is 17.1. The molecule has 0 aliphatic rings. The van der Waals surface area contributed by atoms with Crippen molar-refractivity contribution in [2.75, 3.05) is 13.7 Å². The summed E-state index contributed by atoms with van der Waals surface area (Å²) in [6, 6.07) is 13.1. The largest absolute Gasteiger partial charge is 0.496 e. The summed E-state index contributed by atoms with van der Waals surface area (Å²) in [5.41, 5.74) is 13.3. The predicted octanol–water partition coefficient (Wildman–Crippen LogP) is 5.95. The Kier molecular flexibility index (Phi) is 6.22. The van der Waals surface area contributed by atoms with E-state index in [0.29, 0.717) is 5.92 Å². The molecule has 3 nitrogen and oxygen atoms in total. The predicted molar refractivity (Wildman–Crippen MR) is 116 cm³/mol. The summed E-state index contributed by atoms with van der Waals surface area (Å²) < 4.78 is 5.77. The maximum atomic E-state index is 5.77. The van der Waals surface area contributed by atoms with Gasteiger partial charge >= 0.3 is 0 Å². The lowest BCUT2D eigenvalue weighted by molar-refractivity contribution is 0.413. The second kappa shape index (κ2) is 8.62. The number of ether oxygens (including phenoxy) is 1. The van der Waals surface area contributed by atoms with Crippen LogP contribution in [-0.4, -0.2) is 18.6 Å². The first-order valence-corrected chi connectivity index (χ1v) is 10.1. The molecule has 0 radical (unpaired) electrons. The Bertz CT molecular complexity index is 910. The molecule has 0 fully saturated rings. The van der Waals surface area contributed by atoms with Crippen molar-refractivity contribution in [2.24, 2.45) is 5.73 Å². The average Bonchev–Trinajstić information content (AvgIpc) is 3.06. The molecule has 3 rings (SSSR count). The molecule has 1 atom stereocenters. The van der Waals surface area contributed by atoms with Crippen molar-refractivity contribution < 1.29 is 4.74 Å². The number of hydrogen-bond acceptors (Lipinski definition) is 2. The molecule has 1 aromatic heterocycles. The van der Waals surface area contributed by atoms with Gasteiger partial charge in [0.25, 0.3) is 0 Å². The van der Waals surface area contributed by atoms with E-state index in [2.05, 4.69) is 62.2 Å². The molecule has 1 unspecified atom stereocenters. The van der Waals surface area contributed by atoms with Crippen molar-refractivity contribution in [3.8, 4) is 17.0 Å². The van der Waals surface area contributed by atoms with Crippen molar-refractivity contribution in [3.63, 3.8) is 0 Å². The molecule has 0 aliphatic carbocycles. The number of aryl methyl sites for hydroxylation is 2. The number of rotatable bonds is 8. The summed E-state index contributed by atoms with van der Waals surface area (Å²) >= 11 is 0. The third-order valence-electron chi connectivity index (χ3n) is 5.68. The number of aromatic nitrogens is 1. The van der Waals surface area contributed by atoms with Gasteiger partial charge in [-0.15, -0.1) is 0 Å². The number of nitrogens with one attached hydrogen (secondary N) is 1. The maximum absolute atomic E-state index is 5.77. The van der Waals surface area contributed by atoms with Gasteiger partial charge in [-0.25, -0.2) is 0 Å². The van der Waals surface area contributed by atoms with Gasteiger partial charge in [-0.1, -0.05) is 44.2 Å². The first kappa shape index (κ1) is 19.5. The third-order valence-corrected chi connectivity index (χ3v) is 5.68. The van der Waals surface area contributed by atoms with E-state index in [4.69, 9.17) is 10.5 Å².